The minimum absolute atomic E-state index is 0.00264. The van der Waals surface area contributed by atoms with Gasteiger partial charge in [0.15, 0.2) is 0 Å². The summed E-state index contributed by atoms with van der Waals surface area (Å²) >= 11 is 0. The van der Waals surface area contributed by atoms with Gasteiger partial charge in [0.2, 0.25) is 0 Å². The lowest BCUT2D eigenvalue weighted by Crippen LogP contribution is -2.54. The van der Waals surface area contributed by atoms with Gasteiger partial charge >= 0.3 is 0 Å². The summed E-state index contributed by atoms with van der Waals surface area (Å²) in [5, 5.41) is 11.5. The Bertz CT molecular complexity index is 117. The van der Waals surface area contributed by atoms with Crippen LogP contribution in [-0.2, 0) is 0 Å². The summed E-state index contributed by atoms with van der Waals surface area (Å²) in [6, 6.07) is 0. The van der Waals surface area contributed by atoms with Crippen LogP contribution < -0.4 is 5.32 Å². The second-order valence-electron chi connectivity index (χ2n) is 2.75. The first kappa shape index (κ1) is 7.88. The fourth-order valence-corrected chi connectivity index (χ4v) is 1.04. The SMILES string of the molecule is CC1CNCC(O)C1(F)F. The van der Waals surface area contributed by atoms with Gasteiger partial charge in [-0.2, -0.15) is 0 Å². The zero-order valence-electron chi connectivity index (χ0n) is 5.77. The second kappa shape index (κ2) is 2.43. The molecule has 0 aromatic heterocycles. The number of nitrogens with one attached hydrogen (secondary N) is 1. The number of aliphatic hydroxyl groups excluding tert-OH is 1. The molecule has 4 heteroatoms. The van der Waals surface area contributed by atoms with E-state index in [1.54, 1.807) is 0 Å². The molecule has 1 fully saturated rings. The lowest BCUT2D eigenvalue weighted by Gasteiger charge is -2.33. The molecule has 0 aromatic carbocycles. The zero-order valence-corrected chi connectivity index (χ0v) is 5.77. The Morgan fingerprint density at radius 2 is 2.10 bits per heavy atom. The minimum Gasteiger partial charge on any atom is -0.386 e. The number of halogens is 2. The zero-order chi connectivity index (χ0) is 7.78. The van der Waals surface area contributed by atoms with Crippen molar-refractivity contribution in [1.29, 1.82) is 0 Å². The molecule has 10 heavy (non-hydrogen) atoms. The highest BCUT2D eigenvalue weighted by molar-refractivity contribution is 4.88. The molecule has 0 aliphatic carbocycles. The maximum Gasteiger partial charge on any atom is 0.278 e. The number of piperidine rings is 1. The van der Waals surface area contributed by atoms with Crippen LogP contribution >= 0.6 is 0 Å². The summed E-state index contributed by atoms with van der Waals surface area (Å²) in [7, 11) is 0. The van der Waals surface area contributed by atoms with Gasteiger partial charge in [-0.1, -0.05) is 6.92 Å². The molecule has 1 aliphatic rings. The fraction of sp³-hybridized carbons (Fsp3) is 1.00. The summed E-state index contributed by atoms with van der Waals surface area (Å²) < 4.78 is 25.4. The van der Waals surface area contributed by atoms with Crippen molar-refractivity contribution in [3.05, 3.63) is 0 Å². The third-order valence-electron chi connectivity index (χ3n) is 1.89. The van der Waals surface area contributed by atoms with Crippen LogP contribution in [0.15, 0.2) is 0 Å². The van der Waals surface area contributed by atoms with E-state index in [-0.39, 0.29) is 13.1 Å². The Hall–Kier alpha value is -0.220. The number of hydrogen-bond donors (Lipinski definition) is 2. The Morgan fingerprint density at radius 3 is 2.50 bits per heavy atom. The van der Waals surface area contributed by atoms with Crippen LogP contribution in [0.1, 0.15) is 6.92 Å². The van der Waals surface area contributed by atoms with Crippen LogP contribution in [-0.4, -0.2) is 30.2 Å². The Kier molecular flexibility index (Phi) is 1.92. The van der Waals surface area contributed by atoms with Crippen molar-refractivity contribution in [2.75, 3.05) is 13.1 Å². The predicted molar refractivity (Wildman–Crippen MR) is 33.0 cm³/mol. The van der Waals surface area contributed by atoms with E-state index in [1.807, 2.05) is 0 Å². The molecule has 0 radical (unpaired) electrons. The molecule has 0 spiro atoms. The third kappa shape index (κ3) is 1.13. The van der Waals surface area contributed by atoms with Gasteiger partial charge < -0.3 is 10.4 Å². The molecule has 1 saturated heterocycles. The van der Waals surface area contributed by atoms with Gasteiger partial charge in [-0.15, -0.1) is 0 Å². The smallest absolute Gasteiger partial charge is 0.278 e. The van der Waals surface area contributed by atoms with E-state index >= 15 is 0 Å². The van der Waals surface area contributed by atoms with E-state index < -0.39 is 17.9 Å². The van der Waals surface area contributed by atoms with Crippen LogP contribution in [0.2, 0.25) is 0 Å². The van der Waals surface area contributed by atoms with Gasteiger partial charge in [-0.25, -0.2) is 8.78 Å². The average molecular weight is 151 g/mol. The monoisotopic (exact) mass is 151 g/mol. The van der Waals surface area contributed by atoms with Crippen LogP contribution in [0.25, 0.3) is 0 Å². The molecule has 1 heterocycles. The van der Waals surface area contributed by atoms with Gasteiger partial charge in [0.1, 0.15) is 6.10 Å². The van der Waals surface area contributed by atoms with Gasteiger partial charge in [0.05, 0.1) is 0 Å². The first-order chi connectivity index (χ1) is 4.55. The highest BCUT2D eigenvalue weighted by Gasteiger charge is 2.46. The Morgan fingerprint density at radius 1 is 1.50 bits per heavy atom. The van der Waals surface area contributed by atoms with Gasteiger partial charge in [0, 0.05) is 19.0 Å². The van der Waals surface area contributed by atoms with Crippen molar-refractivity contribution in [3.8, 4) is 0 Å². The molecule has 0 aromatic rings. The normalized spacial score (nSPS) is 39.6. The average Bonchev–Trinajstić information content (AvgIpc) is 1.84. The van der Waals surface area contributed by atoms with Crippen LogP contribution in [0.5, 0.6) is 0 Å². The lowest BCUT2D eigenvalue weighted by molar-refractivity contribution is -0.155. The largest absolute Gasteiger partial charge is 0.386 e. The van der Waals surface area contributed by atoms with Crippen molar-refractivity contribution >= 4 is 0 Å². The Labute approximate surface area is 58.2 Å². The van der Waals surface area contributed by atoms with E-state index in [0.29, 0.717) is 0 Å². The number of aliphatic hydroxyl groups is 1. The molecule has 2 nitrogen and oxygen atoms in total. The Balaban J connectivity index is 2.63. The molecule has 2 atom stereocenters. The van der Waals surface area contributed by atoms with E-state index in [9.17, 15) is 8.78 Å². The lowest BCUT2D eigenvalue weighted by atomic mass is 9.95. The molecule has 0 bridgehead atoms. The minimum atomic E-state index is -2.91. The third-order valence-corrected chi connectivity index (χ3v) is 1.89. The molecule has 0 saturated carbocycles. The van der Waals surface area contributed by atoms with Gasteiger partial charge in [0.25, 0.3) is 5.92 Å². The van der Waals surface area contributed by atoms with Crippen molar-refractivity contribution < 1.29 is 13.9 Å². The molecular weight excluding hydrogens is 140 g/mol. The topological polar surface area (TPSA) is 32.3 Å². The predicted octanol–water partition coefficient (Wildman–Crippen LogP) is 0.222. The molecule has 2 N–H and O–H groups in total. The number of alkyl halides is 2. The van der Waals surface area contributed by atoms with E-state index in [2.05, 4.69) is 5.32 Å². The molecule has 1 aliphatic heterocycles. The quantitative estimate of drug-likeness (QED) is 0.519. The van der Waals surface area contributed by atoms with Crippen molar-refractivity contribution in [2.45, 2.75) is 19.0 Å². The van der Waals surface area contributed by atoms with Crippen LogP contribution in [0.4, 0.5) is 8.78 Å². The van der Waals surface area contributed by atoms with Crippen molar-refractivity contribution in [1.82, 2.24) is 5.32 Å². The summed E-state index contributed by atoms with van der Waals surface area (Å²) in [5.74, 6) is -3.68. The van der Waals surface area contributed by atoms with Gasteiger partial charge in [-0.05, 0) is 0 Å². The summed E-state index contributed by atoms with van der Waals surface area (Å²) in [4.78, 5) is 0. The molecule has 2 unspecified atom stereocenters. The first-order valence-electron chi connectivity index (χ1n) is 3.31. The van der Waals surface area contributed by atoms with Crippen LogP contribution in [0, 0.1) is 5.92 Å². The number of hydrogen-bond acceptors (Lipinski definition) is 2. The second-order valence-corrected chi connectivity index (χ2v) is 2.75. The van der Waals surface area contributed by atoms with E-state index in [0.717, 1.165) is 0 Å². The summed E-state index contributed by atoms with van der Waals surface area (Å²) in [6.45, 7) is 1.71. The standard InChI is InChI=1S/C6H11F2NO/c1-4-2-9-3-5(10)6(4,7)8/h4-5,9-10H,2-3H2,1H3. The summed E-state index contributed by atoms with van der Waals surface area (Å²) in [5.41, 5.74) is 0. The molecule has 1 rings (SSSR count). The van der Waals surface area contributed by atoms with E-state index in [4.69, 9.17) is 5.11 Å². The summed E-state index contributed by atoms with van der Waals surface area (Å²) in [6.07, 6.45) is -1.52. The van der Waals surface area contributed by atoms with Gasteiger partial charge in [-0.3, -0.25) is 0 Å². The number of β-amino-alcohol motifs (C(OH)–C–C–N with tert-alkyl or cyclic N) is 1. The van der Waals surface area contributed by atoms with E-state index in [1.165, 1.54) is 6.92 Å². The first-order valence-corrected chi connectivity index (χ1v) is 3.31. The van der Waals surface area contributed by atoms with Crippen molar-refractivity contribution in [3.63, 3.8) is 0 Å². The molecule has 0 amide bonds. The number of rotatable bonds is 0. The van der Waals surface area contributed by atoms with Crippen molar-refractivity contribution in [2.24, 2.45) is 5.92 Å². The molecular formula is C6H11F2NO. The molecule has 60 valence electrons. The maximum atomic E-state index is 12.7. The van der Waals surface area contributed by atoms with Crippen LogP contribution in [0.3, 0.4) is 0 Å². The fourth-order valence-electron chi connectivity index (χ4n) is 1.04. The maximum absolute atomic E-state index is 12.7. The highest BCUT2D eigenvalue weighted by Crippen LogP contribution is 2.29. The highest BCUT2D eigenvalue weighted by atomic mass is 19.3.